The third-order valence-electron chi connectivity index (χ3n) is 1.75. The van der Waals surface area contributed by atoms with Crippen molar-refractivity contribution >= 4 is 33.2 Å². The minimum Gasteiger partial charge on any atom is -0.461 e. The summed E-state index contributed by atoms with van der Waals surface area (Å²) in [5.41, 5.74) is -0.321. The van der Waals surface area contributed by atoms with E-state index in [1.54, 1.807) is 0 Å². The molecule has 1 aromatic heterocycles. The molecular weight excluding hydrogens is 323 g/mol. The van der Waals surface area contributed by atoms with Crippen molar-refractivity contribution in [3.63, 3.8) is 0 Å². The van der Waals surface area contributed by atoms with E-state index in [1.165, 1.54) is 0 Å². The molecule has 3 nitrogen and oxygen atoms in total. The molecule has 0 aliphatic carbocycles. The zero-order valence-electron chi connectivity index (χ0n) is 8.81. The van der Waals surface area contributed by atoms with Gasteiger partial charge in [-0.1, -0.05) is 13.3 Å². The largest absolute Gasteiger partial charge is 0.461 e. The monoisotopic (exact) mass is 331 g/mol. The van der Waals surface area contributed by atoms with E-state index in [-0.39, 0.29) is 16.1 Å². The van der Waals surface area contributed by atoms with E-state index < -0.39 is 17.2 Å². The minimum atomic E-state index is -4.55. The van der Waals surface area contributed by atoms with E-state index in [4.69, 9.17) is 4.74 Å². The summed E-state index contributed by atoms with van der Waals surface area (Å²) in [7, 11) is 0. The third-order valence-corrected chi connectivity index (χ3v) is 3.50. The summed E-state index contributed by atoms with van der Waals surface area (Å²) in [4.78, 5) is 14.6. The van der Waals surface area contributed by atoms with Gasteiger partial charge in [0.05, 0.1) is 6.61 Å². The molecule has 1 heterocycles. The van der Waals surface area contributed by atoms with Crippen LogP contribution in [-0.4, -0.2) is 17.6 Å². The number of halogens is 4. The van der Waals surface area contributed by atoms with Gasteiger partial charge in [-0.25, -0.2) is 9.78 Å². The van der Waals surface area contributed by atoms with Crippen LogP contribution in [0.5, 0.6) is 0 Å². The predicted molar refractivity (Wildman–Crippen MR) is 60.0 cm³/mol. The highest BCUT2D eigenvalue weighted by Gasteiger charge is 2.37. The molecule has 1 rings (SSSR count). The standard InChI is InChI=1S/C9H9BrF3NO2S/c1-2-3-4-16-7(15)5-6(10)17-8(14-5)9(11,12)13/h2-4H2,1H3. The van der Waals surface area contributed by atoms with Gasteiger partial charge in [0, 0.05) is 0 Å². The number of carbonyl (C=O) groups is 1. The molecule has 0 atom stereocenters. The van der Waals surface area contributed by atoms with Crippen LogP contribution in [0.15, 0.2) is 3.79 Å². The van der Waals surface area contributed by atoms with Crippen LogP contribution in [0.2, 0.25) is 0 Å². The molecule has 0 unspecified atom stereocenters. The van der Waals surface area contributed by atoms with E-state index in [9.17, 15) is 18.0 Å². The first-order valence-electron chi connectivity index (χ1n) is 4.77. The highest BCUT2D eigenvalue weighted by atomic mass is 79.9. The van der Waals surface area contributed by atoms with Gasteiger partial charge in [0.1, 0.15) is 3.79 Å². The van der Waals surface area contributed by atoms with Gasteiger partial charge in [-0.05, 0) is 22.4 Å². The van der Waals surface area contributed by atoms with Crippen LogP contribution in [0.1, 0.15) is 35.3 Å². The molecular formula is C9H9BrF3NO2S. The number of nitrogens with zero attached hydrogens (tertiary/aromatic N) is 1. The smallest absolute Gasteiger partial charge is 0.443 e. The third kappa shape index (κ3) is 3.95. The molecule has 0 saturated carbocycles. The van der Waals surface area contributed by atoms with Gasteiger partial charge in [0.2, 0.25) is 0 Å². The number of ether oxygens (including phenoxy) is 1. The van der Waals surface area contributed by atoms with E-state index in [2.05, 4.69) is 20.9 Å². The second-order valence-electron chi connectivity index (χ2n) is 3.13. The zero-order chi connectivity index (χ0) is 13.1. The topological polar surface area (TPSA) is 39.2 Å². The molecule has 0 aromatic carbocycles. The van der Waals surface area contributed by atoms with E-state index in [1.807, 2.05) is 6.92 Å². The second kappa shape index (κ2) is 5.81. The van der Waals surface area contributed by atoms with E-state index >= 15 is 0 Å². The predicted octanol–water partition coefficient (Wildman–Crippen LogP) is 3.88. The quantitative estimate of drug-likeness (QED) is 0.620. The van der Waals surface area contributed by atoms with Crippen molar-refractivity contribution in [2.24, 2.45) is 0 Å². The SMILES string of the molecule is CCCCOC(=O)c1nc(C(F)(F)F)sc1Br. The number of unbranched alkanes of at least 4 members (excludes halogenated alkanes) is 1. The lowest BCUT2D eigenvalue weighted by atomic mass is 10.4. The summed E-state index contributed by atoms with van der Waals surface area (Å²) in [6.07, 6.45) is -3.05. The summed E-state index contributed by atoms with van der Waals surface area (Å²) in [6, 6.07) is 0. The molecule has 0 aliphatic heterocycles. The normalized spacial score (nSPS) is 11.6. The van der Waals surface area contributed by atoms with Gasteiger partial charge >= 0.3 is 12.1 Å². The molecule has 0 N–H and O–H groups in total. The molecule has 0 radical (unpaired) electrons. The Morgan fingerprint density at radius 3 is 2.65 bits per heavy atom. The molecule has 0 fully saturated rings. The van der Waals surface area contributed by atoms with Crippen molar-refractivity contribution in [3.8, 4) is 0 Å². The molecule has 8 heteroatoms. The zero-order valence-corrected chi connectivity index (χ0v) is 11.2. The summed E-state index contributed by atoms with van der Waals surface area (Å²) >= 11 is 3.24. The van der Waals surface area contributed by atoms with Gasteiger partial charge in [0.25, 0.3) is 0 Å². The fraction of sp³-hybridized carbons (Fsp3) is 0.556. The number of carbonyl (C=O) groups excluding carboxylic acids is 1. The van der Waals surface area contributed by atoms with Gasteiger partial charge in [-0.3, -0.25) is 0 Å². The van der Waals surface area contributed by atoms with E-state index in [0.717, 1.165) is 6.42 Å². The van der Waals surface area contributed by atoms with Crippen LogP contribution in [0, 0.1) is 0 Å². The molecule has 0 aliphatic rings. The van der Waals surface area contributed by atoms with Crippen molar-refractivity contribution in [2.45, 2.75) is 25.9 Å². The van der Waals surface area contributed by atoms with Crippen molar-refractivity contribution in [2.75, 3.05) is 6.61 Å². The lowest BCUT2D eigenvalue weighted by molar-refractivity contribution is -0.137. The molecule has 0 spiro atoms. The highest BCUT2D eigenvalue weighted by Crippen LogP contribution is 2.36. The first kappa shape index (κ1) is 14.4. The maximum atomic E-state index is 12.3. The number of thiazole rings is 1. The number of rotatable bonds is 4. The van der Waals surface area contributed by atoms with Crippen LogP contribution < -0.4 is 0 Å². The van der Waals surface area contributed by atoms with Crippen LogP contribution in [0.25, 0.3) is 0 Å². The number of alkyl halides is 3. The fourth-order valence-corrected chi connectivity index (χ4v) is 2.28. The van der Waals surface area contributed by atoms with Crippen LogP contribution in [0.4, 0.5) is 13.2 Å². The van der Waals surface area contributed by atoms with Gasteiger partial charge in [-0.15, -0.1) is 11.3 Å². The highest BCUT2D eigenvalue weighted by molar-refractivity contribution is 9.11. The van der Waals surface area contributed by atoms with Crippen molar-refractivity contribution < 1.29 is 22.7 Å². The Morgan fingerprint density at radius 1 is 1.53 bits per heavy atom. The second-order valence-corrected chi connectivity index (χ2v) is 5.45. The Hall–Kier alpha value is -0.630. The minimum absolute atomic E-state index is 0.0336. The Balaban J connectivity index is 2.77. The summed E-state index contributed by atoms with van der Waals surface area (Å²) in [5, 5.41) is -1.06. The van der Waals surface area contributed by atoms with Crippen molar-refractivity contribution in [3.05, 3.63) is 14.5 Å². The summed E-state index contributed by atoms with van der Waals surface area (Å²) < 4.78 is 41.8. The van der Waals surface area contributed by atoms with Gasteiger partial charge in [-0.2, -0.15) is 13.2 Å². The fourth-order valence-electron chi connectivity index (χ4n) is 0.926. The van der Waals surface area contributed by atoms with Crippen molar-refractivity contribution in [1.29, 1.82) is 0 Å². The molecule has 17 heavy (non-hydrogen) atoms. The Kier molecular flexibility index (Phi) is 4.93. The summed E-state index contributed by atoms with van der Waals surface area (Å²) in [5.74, 6) is -0.836. The Labute approximate surface area is 108 Å². The maximum absolute atomic E-state index is 12.3. The first-order valence-corrected chi connectivity index (χ1v) is 6.37. The van der Waals surface area contributed by atoms with Crippen LogP contribution >= 0.6 is 27.3 Å². The number of hydrogen-bond acceptors (Lipinski definition) is 4. The Bertz CT molecular complexity index is 405. The summed E-state index contributed by atoms with van der Waals surface area (Å²) in [6.45, 7) is 2.09. The molecule has 0 amide bonds. The lowest BCUT2D eigenvalue weighted by Crippen LogP contribution is -2.09. The van der Waals surface area contributed by atoms with Crippen LogP contribution in [-0.2, 0) is 10.9 Å². The van der Waals surface area contributed by atoms with Crippen LogP contribution in [0.3, 0.4) is 0 Å². The molecule has 1 aromatic rings. The van der Waals surface area contributed by atoms with E-state index in [0.29, 0.717) is 17.8 Å². The molecule has 0 saturated heterocycles. The number of hydrogen-bond donors (Lipinski definition) is 0. The number of esters is 1. The lowest BCUT2D eigenvalue weighted by Gasteiger charge is -2.01. The molecule has 96 valence electrons. The Morgan fingerprint density at radius 2 is 2.18 bits per heavy atom. The first-order chi connectivity index (χ1) is 7.86. The average Bonchev–Trinajstić information content (AvgIpc) is 2.60. The van der Waals surface area contributed by atoms with Crippen molar-refractivity contribution in [1.82, 2.24) is 4.98 Å². The van der Waals surface area contributed by atoms with Gasteiger partial charge in [0.15, 0.2) is 10.7 Å². The van der Waals surface area contributed by atoms with Gasteiger partial charge < -0.3 is 4.74 Å². The maximum Gasteiger partial charge on any atom is 0.443 e. The average molecular weight is 332 g/mol. The molecule has 0 bridgehead atoms. The number of aromatic nitrogens is 1.